The van der Waals surface area contributed by atoms with E-state index in [0.29, 0.717) is 25.8 Å². The van der Waals surface area contributed by atoms with Crippen molar-refractivity contribution in [2.24, 2.45) is 0 Å². The highest BCUT2D eigenvalue weighted by Crippen LogP contribution is 2.47. The van der Waals surface area contributed by atoms with Gasteiger partial charge in [-0.15, -0.1) is 0 Å². The molecule has 0 unspecified atom stereocenters. The average Bonchev–Trinajstić information content (AvgIpc) is 2.43. The van der Waals surface area contributed by atoms with Crippen LogP contribution in [0.15, 0.2) is 30.3 Å². The van der Waals surface area contributed by atoms with Crippen molar-refractivity contribution in [1.82, 2.24) is 0 Å². The van der Waals surface area contributed by atoms with Crippen LogP contribution < -0.4 is 0 Å². The lowest BCUT2D eigenvalue weighted by molar-refractivity contribution is 1.75. The van der Waals surface area contributed by atoms with Gasteiger partial charge in [-0.25, -0.2) is 0 Å². The van der Waals surface area contributed by atoms with Gasteiger partial charge in [0.1, 0.15) is 0 Å². The Bertz CT molecular complexity index is 823. The predicted octanol–water partition coefficient (Wildman–Crippen LogP) is 7.26. The van der Waals surface area contributed by atoms with E-state index >= 15 is 0 Å². The highest BCUT2D eigenvalue weighted by molar-refractivity contribution is 6.57. The fraction of sp³-hybridized carbons (Fsp3) is 0. The van der Waals surface area contributed by atoms with Crippen molar-refractivity contribution in [3.8, 4) is 0 Å². The van der Waals surface area contributed by atoms with E-state index in [2.05, 4.69) is 0 Å². The van der Waals surface area contributed by atoms with Gasteiger partial charge in [0.15, 0.2) is 0 Å². The molecule has 0 aliphatic heterocycles. The largest absolute Gasteiger partial charge is 0.0829 e. The molecule has 0 atom stereocenters. The van der Waals surface area contributed by atoms with Crippen LogP contribution >= 0.6 is 58.0 Å². The molecule has 0 fully saturated rings. The molecule has 0 bridgehead atoms. The third kappa shape index (κ3) is 1.98. The molecular formula is C14H5Cl5. The molecule has 3 aromatic carbocycles. The van der Waals surface area contributed by atoms with Crippen molar-refractivity contribution in [2.45, 2.75) is 0 Å². The van der Waals surface area contributed by atoms with E-state index in [1.54, 1.807) is 0 Å². The first-order valence-electron chi connectivity index (χ1n) is 5.35. The second-order valence-electron chi connectivity index (χ2n) is 4.09. The normalized spacial score (nSPS) is 11.4. The summed E-state index contributed by atoms with van der Waals surface area (Å²) in [6.45, 7) is 0. The van der Waals surface area contributed by atoms with E-state index in [4.69, 9.17) is 58.0 Å². The lowest BCUT2D eigenvalue weighted by Gasteiger charge is -2.12. The predicted molar refractivity (Wildman–Crippen MR) is 86.5 cm³/mol. The molecule has 0 spiro atoms. The Labute approximate surface area is 134 Å². The Balaban J connectivity index is 2.66. The number of benzene rings is 3. The Hall–Kier alpha value is -0.370. The molecule has 96 valence electrons. The van der Waals surface area contributed by atoms with E-state index < -0.39 is 0 Å². The minimum atomic E-state index is 0.220. The summed E-state index contributed by atoms with van der Waals surface area (Å²) in [5.41, 5.74) is 0. The molecule has 0 aliphatic rings. The fourth-order valence-electron chi connectivity index (χ4n) is 2.11. The standard InChI is InChI=1S/C14H5Cl5/c15-10-7-4-2-1-3-6(7)5-8-9(10)12(17)14(19)13(18)11(8)16/h1-5H. The fourth-order valence-corrected chi connectivity index (χ4v) is 3.54. The highest BCUT2D eigenvalue weighted by Gasteiger charge is 2.18. The van der Waals surface area contributed by atoms with Gasteiger partial charge in [-0.05, 0) is 11.5 Å². The summed E-state index contributed by atoms with van der Waals surface area (Å²) < 4.78 is 0. The maximum absolute atomic E-state index is 6.43. The molecule has 0 aromatic heterocycles. The summed E-state index contributed by atoms with van der Waals surface area (Å²) in [4.78, 5) is 0. The summed E-state index contributed by atoms with van der Waals surface area (Å²) in [7, 11) is 0. The van der Waals surface area contributed by atoms with Crippen LogP contribution in [0.5, 0.6) is 0 Å². The van der Waals surface area contributed by atoms with Crippen molar-refractivity contribution in [3.05, 3.63) is 55.4 Å². The molecule has 0 aliphatic carbocycles. The van der Waals surface area contributed by atoms with Crippen LogP contribution in [0.25, 0.3) is 21.5 Å². The summed E-state index contributed by atoms with van der Waals surface area (Å²) in [5.74, 6) is 0. The van der Waals surface area contributed by atoms with Crippen LogP contribution in [0.2, 0.25) is 25.1 Å². The molecule has 0 heterocycles. The van der Waals surface area contributed by atoms with E-state index in [9.17, 15) is 0 Å². The van der Waals surface area contributed by atoms with Crippen LogP contribution in [0.4, 0.5) is 0 Å². The van der Waals surface area contributed by atoms with Gasteiger partial charge in [-0.3, -0.25) is 0 Å². The van der Waals surface area contributed by atoms with Gasteiger partial charge in [0.05, 0.1) is 25.1 Å². The van der Waals surface area contributed by atoms with E-state index in [-0.39, 0.29) is 10.0 Å². The van der Waals surface area contributed by atoms with Gasteiger partial charge in [0.25, 0.3) is 0 Å². The minimum absolute atomic E-state index is 0.220. The smallest absolute Gasteiger partial charge is 0.0800 e. The first-order valence-corrected chi connectivity index (χ1v) is 7.24. The van der Waals surface area contributed by atoms with Crippen molar-refractivity contribution in [2.75, 3.05) is 0 Å². The SMILES string of the molecule is Clc1c(Cl)c(Cl)c2c(Cl)c3ccccc3cc2c1Cl. The number of hydrogen-bond acceptors (Lipinski definition) is 0. The summed E-state index contributed by atoms with van der Waals surface area (Å²) in [6.07, 6.45) is 0. The van der Waals surface area contributed by atoms with Crippen LogP contribution in [-0.4, -0.2) is 0 Å². The van der Waals surface area contributed by atoms with Crippen molar-refractivity contribution >= 4 is 79.5 Å². The van der Waals surface area contributed by atoms with Crippen molar-refractivity contribution < 1.29 is 0 Å². The molecule has 0 nitrogen and oxygen atoms in total. The highest BCUT2D eigenvalue weighted by atomic mass is 35.5. The monoisotopic (exact) mass is 348 g/mol. The second-order valence-corrected chi connectivity index (χ2v) is 5.98. The zero-order valence-corrected chi connectivity index (χ0v) is 13.1. The molecule has 3 rings (SSSR count). The zero-order valence-electron chi connectivity index (χ0n) is 9.28. The van der Waals surface area contributed by atoms with Gasteiger partial charge >= 0.3 is 0 Å². The Morgan fingerprint density at radius 2 is 1.21 bits per heavy atom. The van der Waals surface area contributed by atoms with Gasteiger partial charge in [-0.1, -0.05) is 82.3 Å². The summed E-state index contributed by atoms with van der Waals surface area (Å²) >= 11 is 31.1. The lowest BCUT2D eigenvalue weighted by atomic mass is 10.0. The van der Waals surface area contributed by atoms with Gasteiger partial charge in [-0.2, -0.15) is 0 Å². The zero-order chi connectivity index (χ0) is 13.7. The number of fused-ring (bicyclic) bond motifs is 2. The Kier molecular flexibility index (Phi) is 3.49. The van der Waals surface area contributed by atoms with E-state index in [1.165, 1.54) is 0 Å². The third-order valence-electron chi connectivity index (χ3n) is 3.02. The van der Waals surface area contributed by atoms with Crippen molar-refractivity contribution in [1.29, 1.82) is 0 Å². The molecule has 3 aromatic rings. The average molecular weight is 350 g/mol. The first-order chi connectivity index (χ1) is 9.02. The van der Waals surface area contributed by atoms with E-state index in [0.717, 1.165) is 10.8 Å². The quantitative estimate of drug-likeness (QED) is 0.227. The van der Waals surface area contributed by atoms with E-state index in [1.807, 2.05) is 30.3 Å². The van der Waals surface area contributed by atoms with Gasteiger partial charge in [0.2, 0.25) is 0 Å². The van der Waals surface area contributed by atoms with Gasteiger partial charge in [0, 0.05) is 16.2 Å². The summed E-state index contributed by atoms with van der Waals surface area (Å²) in [5, 5.41) is 4.86. The van der Waals surface area contributed by atoms with Crippen LogP contribution in [0, 0.1) is 0 Å². The maximum Gasteiger partial charge on any atom is 0.0800 e. The molecule has 0 saturated carbocycles. The van der Waals surface area contributed by atoms with Crippen molar-refractivity contribution in [3.63, 3.8) is 0 Å². The third-order valence-corrected chi connectivity index (χ3v) is 5.23. The molecule has 19 heavy (non-hydrogen) atoms. The number of hydrogen-bond donors (Lipinski definition) is 0. The topological polar surface area (TPSA) is 0 Å². The maximum atomic E-state index is 6.43. The van der Waals surface area contributed by atoms with Crippen LogP contribution in [-0.2, 0) is 0 Å². The molecule has 5 heteroatoms. The molecule has 0 N–H and O–H groups in total. The van der Waals surface area contributed by atoms with Crippen LogP contribution in [0.3, 0.4) is 0 Å². The molecule has 0 amide bonds. The second kappa shape index (κ2) is 4.87. The lowest BCUT2D eigenvalue weighted by Crippen LogP contribution is -1.85. The first kappa shape index (κ1) is 13.6. The number of rotatable bonds is 0. The van der Waals surface area contributed by atoms with Crippen LogP contribution in [0.1, 0.15) is 0 Å². The minimum Gasteiger partial charge on any atom is -0.0829 e. The molecule has 0 radical (unpaired) electrons. The summed E-state index contributed by atoms with van der Waals surface area (Å²) in [6, 6.07) is 9.62. The molecule has 0 saturated heterocycles. The Morgan fingerprint density at radius 1 is 0.579 bits per heavy atom. The van der Waals surface area contributed by atoms with Gasteiger partial charge < -0.3 is 0 Å². The Morgan fingerprint density at radius 3 is 1.95 bits per heavy atom. The number of halogens is 5. The molecular weight excluding hydrogens is 345 g/mol.